The summed E-state index contributed by atoms with van der Waals surface area (Å²) < 4.78 is 19.3. The van der Waals surface area contributed by atoms with Crippen LogP contribution in [0.2, 0.25) is 0 Å². The Kier molecular flexibility index (Phi) is 4.18. The van der Waals surface area contributed by atoms with Crippen LogP contribution < -0.4 is 10.5 Å². The monoisotopic (exact) mass is 290 g/mol. The Morgan fingerprint density at radius 1 is 1.29 bits per heavy atom. The largest absolute Gasteiger partial charge is 0.454 e. The molecule has 0 bridgehead atoms. The molecule has 0 saturated carbocycles. The van der Waals surface area contributed by atoms with Gasteiger partial charge >= 0.3 is 0 Å². The van der Waals surface area contributed by atoms with E-state index in [1.54, 1.807) is 24.3 Å². The van der Waals surface area contributed by atoms with Gasteiger partial charge in [-0.1, -0.05) is 12.1 Å². The number of nitro groups is 1. The van der Waals surface area contributed by atoms with E-state index in [9.17, 15) is 14.5 Å². The van der Waals surface area contributed by atoms with Crippen molar-refractivity contribution >= 4 is 5.69 Å². The van der Waals surface area contributed by atoms with E-state index in [0.29, 0.717) is 11.3 Å². The maximum atomic E-state index is 13.8. The molecule has 5 nitrogen and oxygen atoms in total. The van der Waals surface area contributed by atoms with Crippen LogP contribution >= 0.6 is 0 Å². The number of ether oxygens (including phenoxy) is 1. The van der Waals surface area contributed by atoms with Crippen LogP contribution in [0.5, 0.6) is 11.5 Å². The maximum absolute atomic E-state index is 13.8. The average molecular weight is 290 g/mol. The van der Waals surface area contributed by atoms with E-state index in [1.165, 1.54) is 13.0 Å². The first kappa shape index (κ1) is 14.9. The van der Waals surface area contributed by atoms with Crippen LogP contribution in [0.4, 0.5) is 10.1 Å². The zero-order valence-electron chi connectivity index (χ0n) is 11.7. The Labute approximate surface area is 121 Å². The lowest BCUT2D eigenvalue weighted by molar-refractivity contribution is -0.385. The number of aryl methyl sites for hydroxylation is 1. The Balaban J connectivity index is 2.27. The molecular formula is C15H15FN2O3. The molecule has 0 aliphatic heterocycles. The van der Waals surface area contributed by atoms with Gasteiger partial charge in [-0.25, -0.2) is 4.39 Å². The second-order valence-electron chi connectivity index (χ2n) is 4.79. The molecule has 0 fully saturated rings. The van der Waals surface area contributed by atoms with Crippen molar-refractivity contribution in [1.82, 2.24) is 0 Å². The average Bonchev–Trinajstić information content (AvgIpc) is 2.42. The van der Waals surface area contributed by atoms with Gasteiger partial charge in [0.15, 0.2) is 11.6 Å². The van der Waals surface area contributed by atoms with Crippen molar-refractivity contribution in [3.05, 3.63) is 63.5 Å². The molecule has 0 radical (unpaired) electrons. The molecule has 6 heteroatoms. The van der Waals surface area contributed by atoms with Gasteiger partial charge in [0.1, 0.15) is 5.75 Å². The molecule has 0 heterocycles. The fourth-order valence-corrected chi connectivity index (χ4v) is 1.89. The summed E-state index contributed by atoms with van der Waals surface area (Å²) in [5.74, 6) is -0.387. The third kappa shape index (κ3) is 3.35. The minimum absolute atomic E-state index is 0.0494. The standard InChI is InChI=1S/C15H15FN2O3/c1-9-7-15(13(16)8-14(9)18(19)20)21-12-5-3-11(4-6-12)10(2)17/h3-8,10H,17H2,1-2H3. The number of hydrogen-bond donors (Lipinski definition) is 1. The summed E-state index contributed by atoms with van der Waals surface area (Å²) in [6.45, 7) is 3.39. The summed E-state index contributed by atoms with van der Waals surface area (Å²) in [5.41, 5.74) is 6.74. The third-order valence-corrected chi connectivity index (χ3v) is 3.08. The first-order valence-electron chi connectivity index (χ1n) is 6.36. The van der Waals surface area contributed by atoms with Gasteiger partial charge in [-0.05, 0) is 37.6 Å². The predicted molar refractivity (Wildman–Crippen MR) is 76.9 cm³/mol. The minimum Gasteiger partial charge on any atom is -0.454 e. The highest BCUT2D eigenvalue weighted by atomic mass is 19.1. The van der Waals surface area contributed by atoms with Crippen LogP contribution in [0, 0.1) is 22.9 Å². The first-order valence-corrected chi connectivity index (χ1v) is 6.36. The highest BCUT2D eigenvalue weighted by molar-refractivity contribution is 5.46. The van der Waals surface area contributed by atoms with E-state index in [2.05, 4.69) is 0 Å². The Morgan fingerprint density at radius 2 is 1.90 bits per heavy atom. The lowest BCUT2D eigenvalue weighted by Crippen LogP contribution is -2.04. The molecule has 0 aromatic heterocycles. The summed E-state index contributed by atoms with van der Waals surface area (Å²) >= 11 is 0. The van der Waals surface area contributed by atoms with Crippen LogP contribution in [0.1, 0.15) is 24.1 Å². The van der Waals surface area contributed by atoms with E-state index < -0.39 is 10.7 Å². The van der Waals surface area contributed by atoms with E-state index in [0.717, 1.165) is 11.6 Å². The second-order valence-corrected chi connectivity index (χ2v) is 4.79. The van der Waals surface area contributed by atoms with Crippen LogP contribution in [-0.2, 0) is 0 Å². The predicted octanol–water partition coefficient (Wildman–Crippen LogP) is 3.85. The minimum atomic E-state index is -0.774. The summed E-state index contributed by atoms with van der Waals surface area (Å²) in [7, 11) is 0. The van der Waals surface area contributed by atoms with Crippen LogP contribution in [0.15, 0.2) is 36.4 Å². The number of halogens is 1. The molecule has 2 rings (SSSR count). The number of nitro benzene ring substituents is 1. The number of nitrogens with two attached hydrogens (primary N) is 1. The topological polar surface area (TPSA) is 78.4 Å². The number of rotatable bonds is 4. The van der Waals surface area contributed by atoms with Crippen LogP contribution in [0.3, 0.4) is 0 Å². The summed E-state index contributed by atoms with van der Waals surface area (Å²) in [6.07, 6.45) is 0. The highest BCUT2D eigenvalue weighted by Crippen LogP contribution is 2.30. The summed E-state index contributed by atoms with van der Waals surface area (Å²) in [6, 6.07) is 9.00. The van der Waals surface area contributed by atoms with E-state index in [-0.39, 0.29) is 17.5 Å². The van der Waals surface area contributed by atoms with Gasteiger partial charge in [0.25, 0.3) is 5.69 Å². The Hall–Kier alpha value is -2.47. The van der Waals surface area contributed by atoms with Crippen molar-refractivity contribution < 1.29 is 14.1 Å². The lowest BCUT2D eigenvalue weighted by Gasteiger charge is -2.10. The van der Waals surface area contributed by atoms with Gasteiger partial charge < -0.3 is 10.5 Å². The quantitative estimate of drug-likeness (QED) is 0.685. The maximum Gasteiger partial charge on any atom is 0.275 e. The number of nitrogens with zero attached hydrogens (tertiary/aromatic N) is 1. The first-order chi connectivity index (χ1) is 9.88. The summed E-state index contributed by atoms with van der Waals surface area (Å²) in [5, 5.41) is 10.7. The highest BCUT2D eigenvalue weighted by Gasteiger charge is 2.16. The molecular weight excluding hydrogens is 275 g/mol. The van der Waals surface area contributed by atoms with Crippen molar-refractivity contribution in [2.75, 3.05) is 0 Å². The smallest absolute Gasteiger partial charge is 0.275 e. The third-order valence-electron chi connectivity index (χ3n) is 3.08. The molecule has 2 aromatic carbocycles. The van der Waals surface area contributed by atoms with E-state index in [1.807, 2.05) is 6.92 Å². The fourth-order valence-electron chi connectivity index (χ4n) is 1.89. The van der Waals surface area contributed by atoms with Gasteiger partial charge in [0, 0.05) is 11.6 Å². The van der Waals surface area contributed by atoms with E-state index >= 15 is 0 Å². The molecule has 0 aliphatic rings. The van der Waals surface area contributed by atoms with Crippen molar-refractivity contribution in [2.24, 2.45) is 5.73 Å². The van der Waals surface area contributed by atoms with Crippen molar-refractivity contribution in [1.29, 1.82) is 0 Å². The normalized spacial score (nSPS) is 12.0. The molecule has 110 valence electrons. The van der Waals surface area contributed by atoms with Crippen molar-refractivity contribution in [2.45, 2.75) is 19.9 Å². The van der Waals surface area contributed by atoms with Gasteiger partial charge in [0.2, 0.25) is 0 Å². The molecule has 0 spiro atoms. The Morgan fingerprint density at radius 3 is 2.43 bits per heavy atom. The van der Waals surface area contributed by atoms with Crippen molar-refractivity contribution in [3.8, 4) is 11.5 Å². The number of hydrogen-bond acceptors (Lipinski definition) is 4. The molecule has 0 amide bonds. The molecule has 1 unspecified atom stereocenters. The van der Waals surface area contributed by atoms with Gasteiger partial charge in [0.05, 0.1) is 11.0 Å². The molecule has 0 aliphatic carbocycles. The van der Waals surface area contributed by atoms with Gasteiger partial charge in [-0.2, -0.15) is 0 Å². The van der Waals surface area contributed by atoms with Crippen LogP contribution in [0.25, 0.3) is 0 Å². The van der Waals surface area contributed by atoms with Gasteiger partial charge in [-0.15, -0.1) is 0 Å². The lowest BCUT2D eigenvalue weighted by atomic mass is 10.1. The molecule has 1 atom stereocenters. The number of benzene rings is 2. The Bertz CT molecular complexity index is 669. The van der Waals surface area contributed by atoms with Crippen LogP contribution in [-0.4, -0.2) is 4.92 Å². The second kappa shape index (κ2) is 5.88. The van der Waals surface area contributed by atoms with Gasteiger partial charge in [-0.3, -0.25) is 10.1 Å². The molecule has 21 heavy (non-hydrogen) atoms. The molecule has 0 saturated heterocycles. The van der Waals surface area contributed by atoms with Crippen molar-refractivity contribution in [3.63, 3.8) is 0 Å². The SMILES string of the molecule is Cc1cc(Oc2ccc(C(C)N)cc2)c(F)cc1[N+](=O)[O-]. The fraction of sp³-hybridized carbons (Fsp3) is 0.200. The molecule has 2 aromatic rings. The summed E-state index contributed by atoms with van der Waals surface area (Å²) in [4.78, 5) is 10.1. The molecule has 2 N–H and O–H groups in total. The zero-order valence-corrected chi connectivity index (χ0v) is 11.7. The van der Waals surface area contributed by atoms with E-state index in [4.69, 9.17) is 10.5 Å². The zero-order chi connectivity index (χ0) is 15.6.